The van der Waals surface area contributed by atoms with Gasteiger partial charge in [-0.1, -0.05) is 6.42 Å². The van der Waals surface area contributed by atoms with Crippen molar-refractivity contribution in [3.63, 3.8) is 0 Å². The molecule has 0 saturated heterocycles. The third-order valence-corrected chi connectivity index (χ3v) is 3.55. The number of ketones is 1. The number of fused-ring (bicyclic) bond motifs is 1. The summed E-state index contributed by atoms with van der Waals surface area (Å²) in [6, 6.07) is 5.17. The molecule has 1 aliphatic carbocycles. The normalized spacial score (nSPS) is 19.6. The number of Topliss-reactive ketones (excluding diaryl/α,β-unsaturated/α-hetero) is 1. The molecule has 94 valence electrons. The van der Waals surface area contributed by atoms with Gasteiger partial charge in [0.15, 0.2) is 0 Å². The molecule has 18 heavy (non-hydrogen) atoms. The number of benzene rings is 1. The topological polar surface area (TPSA) is 55.4 Å². The first kappa shape index (κ1) is 11.3. The number of carbonyl (C=O) groups is 2. The Balaban J connectivity index is 1.77. The zero-order chi connectivity index (χ0) is 12.5. The van der Waals surface area contributed by atoms with Crippen LogP contribution in [0.25, 0.3) is 0 Å². The molecular formula is C14H15NO3. The van der Waals surface area contributed by atoms with Crippen molar-refractivity contribution in [3.8, 4) is 5.75 Å². The molecule has 1 aromatic carbocycles. The first-order valence-corrected chi connectivity index (χ1v) is 6.40. The molecule has 0 spiro atoms. The molecule has 4 heteroatoms. The number of amides is 1. The minimum absolute atomic E-state index is 0.268. The fraction of sp³-hybridized carbons (Fsp3) is 0.429. The summed E-state index contributed by atoms with van der Waals surface area (Å²) in [5.41, 5.74) is 1.01. The van der Waals surface area contributed by atoms with Crippen molar-refractivity contribution in [3.05, 3.63) is 23.8 Å². The van der Waals surface area contributed by atoms with Gasteiger partial charge in [-0.15, -0.1) is 0 Å². The Hall–Kier alpha value is -1.84. The van der Waals surface area contributed by atoms with Crippen molar-refractivity contribution >= 4 is 17.4 Å². The van der Waals surface area contributed by atoms with Crippen molar-refractivity contribution in [1.82, 2.24) is 0 Å². The minimum Gasteiger partial charge on any atom is -0.490 e. The molecule has 4 nitrogen and oxygen atoms in total. The lowest BCUT2D eigenvalue weighted by Gasteiger charge is -2.23. The summed E-state index contributed by atoms with van der Waals surface area (Å²) in [4.78, 5) is 22.7. The highest BCUT2D eigenvalue weighted by Crippen LogP contribution is 2.30. The second-order valence-corrected chi connectivity index (χ2v) is 4.87. The van der Waals surface area contributed by atoms with Gasteiger partial charge in [-0.3, -0.25) is 9.59 Å². The van der Waals surface area contributed by atoms with Crippen molar-refractivity contribution in [1.29, 1.82) is 0 Å². The number of ether oxygens (including phenoxy) is 1. The number of carbonyl (C=O) groups excluding carboxylic acids is 2. The molecule has 1 aliphatic heterocycles. The van der Waals surface area contributed by atoms with Crippen LogP contribution in [0.4, 0.5) is 5.69 Å². The van der Waals surface area contributed by atoms with E-state index >= 15 is 0 Å². The highest BCUT2D eigenvalue weighted by molar-refractivity contribution is 6.51. The monoisotopic (exact) mass is 245 g/mol. The summed E-state index contributed by atoms with van der Waals surface area (Å²) in [5, 5.41) is 2.56. The average Bonchev–Trinajstić information content (AvgIpc) is 2.66. The standard InChI is InChI=1S/C14H15NO3/c16-13-11-7-6-10(8-12(11)15-14(13)17)18-9-4-2-1-3-5-9/h6-9H,1-5H2,(H,15,16,17). The maximum Gasteiger partial charge on any atom is 0.296 e. The third kappa shape index (κ3) is 1.98. The summed E-state index contributed by atoms with van der Waals surface area (Å²) in [6.45, 7) is 0. The van der Waals surface area contributed by atoms with Crippen LogP contribution in [0.15, 0.2) is 18.2 Å². The molecule has 2 aliphatic rings. The first-order valence-electron chi connectivity index (χ1n) is 6.40. The van der Waals surface area contributed by atoms with E-state index < -0.39 is 11.7 Å². The fourth-order valence-electron chi connectivity index (χ4n) is 2.57. The minimum atomic E-state index is -0.556. The zero-order valence-corrected chi connectivity index (χ0v) is 10.1. The van der Waals surface area contributed by atoms with Gasteiger partial charge in [0.2, 0.25) is 0 Å². The van der Waals surface area contributed by atoms with E-state index in [1.165, 1.54) is 19.3 Å². The number of hydrogen-bond donors (Lipinski definition) is 1. The molecule has 1 saturated carbocycles. The highest BCUT2D eigenvalue weighted by Gasteiger charge is 2.28. The fourth-order valence-corrected chi connectivity index (χ4v) is 2.57. The second kappa shape index (κ2) is 4.44. The van der Waals surface area contributed by atoms with E-state index in [-0.39, 0.29) is 6.10 Å². The van der Waals surface area contributed by atoms with Crippen LogP contribution in [-0.2, 0) is 4.79 Å². The van der Waals surface area contributed by atoms with E-state index in [9.17, 15) is 9.59 Å². The molecule has 1 N–H and O–H groups in total. The lowest BCUT2D eigenvalue weighted by atomic mass is 9.98. The Bertz CT molecular complexity index is 504. The van der Waals surface area contributed by atoms with Crippen LogP contribution < -0.4 is 10.1 Å². The van der Waals surface area contributed by atoms with Crippen molar-refractivity contribution in [2.75, 3.05) is 5.32 Å². The molecule has 1 heterocycles. The van der Waals surface area contributed by atoms with Gasteiger partial charge in [0, 0.05) is 6.07 Å². The smallest absolute Gasteiger partial charge is 0.296 e. The molecule has 0 radical (unpaired) electrons. The molecule has 0 bridgehead atoms. The van der Waals surface area contributed by atoms with E-state index in [0.29, 0.717) is 11.3 Å². The van der Waals surface area contributed by atoms with E-state index in [1.807, 2.05) is 0 Å². The van der Waals surface area contributed by atoms with Crippen LogP contribution in [0.1, 0.15) is 42.5 Å². The van der Waals surface area contributed by atoms with Gasteiger partial charge in [0.1, 0.15) is 5.75 Å². The summed E-state index contributed by atoms with van der Waals surface area (Å²) >= 11 is 0. The molecule has 1 aromatic rings. The van der Waals surface area contributed by atoms with Gasteiger partial charge < -0.3 is 10.1 Å². The van der Waals surface area contributed by atoms with E-state index in [0.717, 1.165) is 18.6 Å². The predicted molar refractivity (Wildman–Crippen MR) is 66.9 cm³/mol. The number of anilines is 1. The van der Waals surface area contributed by atoms with Crippen molar-refractivity contribution in [2.45, 2.75) is 38.2 Å². The zero-order valence-electron chi connectivity index (χ0n) is 10.1. The van der Waals surface area contributed by atoms with Gasteiger partial charge >= 0.3 is 0 Å². The van der Waals surface area contributed by atoms with Gasteiger partial charge in [-0.05, 0) is 37.8 Å². The first-order chi connectivity index (χ1) is 8.74. The Morgan fingerprint density at radius 1 is 1.11 bits per heavy atom. The molecule has 0 unspecified atom stereocenters. The van der Waals surface area contributed by atoms with Crippen LogP contribution in [0.3, 0.4) is 0 Å². The lowest BCUT2D eigenvalue weighted by Crippen LogP contribution is -2.19. The van der Waals surface area contributed by atoms with Crippen LogP contribution in [0, 0.1) is 0 Å². The lowest BCUT2D eigenvalue weighted by molar-refractivity contribution is -0.112. The Labute approximate surface area is 105 Å². The molecule has 0 aromatic heterocycles. The average molecular weight is 245 g/mol. The number of hydrogen-bond acceptors (Lipinski definition) is 3. The van der Waals surface area contributed by atoms with Gasteiger partial charge in [0.05, 0.1) is 17.4 Å². The second-order valence-electron chi connectivity index (χ2n) is 4.87. The largest absolute Gasteiger partial charge is 0.490 e. The summed E-state index contributed by atoms with van der Waals surface area (Å²) < 4.78 is 5.89. The number of nitrogens with one attached hydrogen (secondary N) is 1. The summed E-state index contributed by atoms with van der Waals surface area (Å²) in [5.74, 6) is -0.287. The van der Waals surface area contributed by atoms with Crippen molar-refractivity contribution in [2.24, 2.45) is 0 Å². The summed E-state index contributed by atoms with van der Waals surface area (Å²) in [6.07, 6.45) is 6.15. The van der Waals surface area contributed by atoms with Crippen LogP contribution in [-0.4, -0.2) is 17.8 Å². The molecule has 3 rings (SSSR count). The van der Waals surface area contributed by atoms with Crippen LogP contribution >= 0.6 is 0 Å². The molecular weight excluding hydrogens is 230 g/mol. The Kier molecular flexibility index (Phi) is 2.78. The number of rotatable bonds is 2. The highest BCUT2D eigenvalue weighted by atomic mass is 16.5. The predicted octanol–water partition coefficient (Wildman–Crippen LogP) is 2.53. The van der Waals surface area contributed by atoms with Crippen LogP contribution in [0.2, 0.25) is 0 Å². The van der Waals surface area contributed by atoms with E-state index in [2.05, 4.69) is 5.32 Å². The quantitative estimate of drug-likeness (QED) is 0.814. The van der Waals surface area contributed by atoms with E-state index in [1.54, 1.807) is 18.2 Å². The summed E-state index contributed by atoms with van der Waals surface area (Å²) in [7, 11) is 0. The van der Waals surface area contributed by atoms with E-state index in [4.69, 9.17) is 4.74 Å². The maximum absolute atomic E-state index is 11.4. The third-order valence-electron chi connectivity index (χ3n) is 3.55. The molecule has 1 amide bonds. The van der Waals surface area contributed by atoms with Gasteiger partial charge in [0.25, 0.3) is 11.7 Å². The SMILES string of the molecule is O=C1Nc2cc(OC3CCCCC3)ccc2C1=O. The Morgan fingerprint density at radius 2 is 1.89 bits per heavy atom. The molecule has 0 atom stereocenters. The van der Waals surface area contributed by atoms with Gasteiger partial charge in [-0.2, -0.15) is 0 Å². The molecule has 1 fully saturated rings. The Morgan fingerprint density at radius 3 is 2.67 bits per heavy atom. The van der Waals surface area contributed by atoms with Crippen molar-refractivity contribution < 1.29 is 14.3 Å². The van der Waals surface area contributed by atoms with Crippen LogP contribution in [0.5, 0.6) is 5.75 Å². The maximum atomic E-state index is 11.4. The van der Waals surface area contributed by atoms with Gasteiger partial charge in [-0.25, -0.2) is 0 Å².